The maximum Gasteiger partial charge on any atom is 0.251 e. The van der Waals surface area contributed by atoms with Crippen molar-refractivity contribution in [2.45, 2.75) is 39.5 Å². The van der Waals surface area contributed by atoms with E-state index in [1.807, 2.05) is 32.0 Å². The first-order valence-corrected chi connectivity index (χ1v) is 9.42. The average Bonchev–Trinajstić information content (AvgIpc) is 2.66. The summed E-state index contributed by atoms with van der Waals surface area (Å²) in [7, 11) is 0. The zero-order valence-corrected chi connectivity index (χ0v) is 15.7. The van der Waals surface area contributed by atoms with Gasteiger partial charge in [0.25, 0.3) is 5.91 Å². The predicted octanol–water partition coefficient (Wildman–Crippen LogP) is 1.88. The Bertz CT molecular complexity index is 637. The van der Waals surface area contributed by atoms with Gasteiger partial charge in [0, 0.05) is 44.1 Å². The van der Waals surface area contributed by atoms with Gasteiger partial charge in [0.1, 0.15) is 0 Å². The van der Waals surface area contributed by atoms with Gasteiger partial charge >= 0.3 is 0 Å². The van der Waals surface area contributed by atoms with Crippen molar-refractivity contribution in [3.05, 3.63) is 35.4 Å². The number of hydrogen-bond donors (Lipinski definition) is 2. The van der Waals surface area contributed by atoms with Gasteiger partial charge in [0.05, 0.1) is 0 Å². The van der Waals surface area contributed by atoms with Crippen molar-refractivity contribution in [1.82, 2.24) is 15.5 Å². The number of amides is 3. The molecule has 0 aromatic heterocycles. The molecule has 2 N–H and O–H groups in total. The van der Waals surface area contributed by atoms with Crippen LogP contribution in [0, 0.1) is 12.8 Å². The zero-order valence-electron chi connectivity index (χ0n) is 15.7. The summed E-state index contributed by atoms with van der Waals surface area (Å²) in [6.07, 6.45) is 2.62. The van der Waals surface area contributed by atoms with Gasteiger partial charge in [-0.3, -0.25) is 14.4 Å². The Balaban J connectivity index is 1.70. The quantitative estimate of drug-likeness (QED) is 0.780. The van der Waals surface area contributed by atoms with Gasteiger partial charge < -0.3 is 15.5 Å². The molecule has 0 spiro atoms. The van der Waals surface area contributed by atoms with Crippen molar-refractivity contribution in [2.24, 2.45) is 5.92 Å². The third-order valence-electron chi connectivity index (χ3n) is 4.78. The van der Waals surface area contributed by atoms with Gasteiger partial charge in [-0.05, 0) is 37.8 Å². The fourth-order valence-electron chi connectivity index (χ4n) is 3.15. The van der Waals surface area contributed by atoms with E-state index in [2.05, 4.69) is 10.6 Å². The van der Waals surface area contributed by atoms with Gasteiger partial charge in [-0.1, -0.05) is 25.1 Å². The van der Waals surface area contributed by atoms with E-state index in [0.29, 0.717) is 44.6 Å². The first-order chi connectivity index (χ1) is 12.5. The molecule has 0 aliphatic carbocycles. The van der Waals surface area contributed by atoms with Crippen molar-refractivity contribution >= 4 is 17.7 Å². The average molecular weight is 359 g/mol. The second-order valence-corrected chi connectivity index (χ2v) is 6.77. The number of nitrogens with zero attached hydrogens (tertiary/aromatic N) is 1. The molecular formula is C20H29N3O3. The van der Waals surface area contributed by atoms with Gasteiger partial charge in [-0.2, -0.15) is 0 Å². The molecule has 0 saturated carbocycles. The molecule has 6 heteroatoms. The topological polar surface area (TPSA) is 78.5 Å². The number of aryl methyl sites for hydroxylation is 1. The lowest BCUT2D eigenvalue weighted by Crippen LogP contribution is -2.43. The smallest absolute Gasteiger partial charge is 0.251 e. The van der Waals surface area contributed by atoms with Crippen molar-refractivity contribution in [2.75, 3.05) is 26.2 Å². The molecule has 1 fully saturated rings. The molecule has 26 heavy (non-hydrogen) atoms. The molecule has 1 aromatic rings. The van der Waals surface area contributed by atoms with E-state index in [0.717, 1.165) is 12.0 Å². The molecule has 1 heterocycles. The van der Waals surface area contributed by atoms with Gasteiger partial charge in [0.15, 0.2) is 0 Å². The molecule has 1 aliphatic rings. The molecule has 0 atom stereocenters. The number of likely N-dealkylation sites (tertiary alicyclic amines) is 1. The van der Waals surface area contributed by atoms with Crippen molar-refractivity contribution in [3.63, 3.8) is 0 Å². The van der Waals surface area contributed by atoms with Crippen molar-refractivity contribution in [3.8, 4) is 0 Å². The molecule has 142 valence electrons. The summed E-state index contributed by atoms with van der Waals surface area (Å²) in [6.45, 7) is 6.16. The predicted molar refractivity (Wildman–Crippen MR) is 101 cm³/mol. The molecule has 1 saturated heterocycles. The first-order valence-electron chi connectivity index (χ1n) is 9.42. The highest BCUT2D eigenvalue weighted by Gasteiger charge is 2.26. The maximum atomic E-state index is 12.3. The molecule has 1 aliphatic heterocycles. The molecular weight excluding hydrogens is 330 g/mol. The minimum Gasteiger partial charge on any atom is -0.356 e. The molecule has 3 amide bonds. The maximum absolute atomic E-state index is 12.3. The summed E-state index contributed by atoms with van der Waals surface area (Å²) in [5.74, 6) is -0.0134. The van der Waals surface area contributed by atoms with Crippen LogP contribution in [-0.4, -0.2) is 48.8 Å². The third-order valence-corrected chi connectivity index (χ3v) is 4.78. The van der Waals surface area contributed by atoms with E-state index < -0.39 is 0 Å². The Morgan fingerprint density at radius 2 is 1.77 bits per heavy atom. The molecule has 1 aromatic carbocycles. The lowest BCUT2D eigenvalue weighted by atomic mass is 9.95. The number of benzene rings is 1. The second kappa shape index (κ2) is 9.94. The van der Waals surface area contributed by atoms with Crippen LogP contribution in [0.1, 0.15) is 48.5 Å². The summed E-state index contributed by atoms with van der Waals surface area (Å²) in [5.41, 5.74) is 1.55. The van der Waals surface area contributed by atoms with Crippen molar-refractivity contribution in [1.29, 1.82) is 0 Å². The van der Waals surface area contributed by atoms with Crippen LogP contribution in [0.3, 0.4) is 0 Å². The molecule has 0 bridgehead atoms. The van der Waals surface area contributed by atoms with Crippen molar-refractivity contribution < 1.29 is 14.4 Å². The van der Waals surface area contributed by atoms with E-state index in [9.17, 15) is 14.4 Å². The van der Waals surface area contributed by atoms with E-state index in [-0.39, 0.29) is 30.1 Å². The van der Waals surface area contributed by atoms with E-state index >= 15 is 0 Å². The number of rotatable bonds is 7. The highest BCUT2D eigenvalue weighted by molar-refractivity contribution is 5.95. The fraction of sp³-hybridized carbons (Fsp3) is 0.550. The Morgan fingerprint density at radius 1 is 1.08 bits per heavy atom. The summed E-state index contributed by atoms with van der Waals surface area (Å²) in [5, 5.41) is 5.73. The number of carbonyl (C=O) groups excluding carboxylic acids is 3. The Kier molecular flexibility index (Phi) is 7.63. The lowest BCUT2D eigenvalue weighted by Gasteiger charge is -2.31. The largest absolute Gasteiger partial charge is 0.356 e. The van der Waals surface area contributed by atoms with Crippen LogP contribution in [0.25, 0.3) is 0 Å². The van der Waals surface area contributed by atoms with Crippen LogP contribution in [0.15, 0.2) is 24.3 Å². The van der Waals surface area contributed by atoms with Gasteiger partial charge in [-0.25, -0.2) is 0 Å². The highest BCUT2D eigenvalue weighted by Crippen LogP contribution is 2.18. The van der Waals surface area contributed by atoms with E-state index in [1.54, 1.807) is 11.0 Å². The Morgan fingerprint density at radius 3 is 2.42 bits per heavy atom. The summed E-state index contributed by atoms with van der Waals surface area (Å²) in [6, 6.07) is 7.39. The number of nitrogens with one attached hydrogen (secondary N) is 2. The normalized spacial score (nSPS) is 14.8. The SMILES string of the molecule is CCCNC(=O)C1CCN(C(=O)CCNC(=O)c2ccccc2C)CC1. The second-order valence-electron chi connectivity index (χ2n) is 6.77. The molecule has 0 radical (unpaired) electrons. The van der Waals surface area contributed by atoms with E-state index in [4.69, 9.17) is 0 Å². The monoisotopic (exact) mass is 359 g/mol. The fourth-order valence-corrected chi connectivity index (χ4v) is 3.15. The Hall–Kier alpha value is -2.37. The molecule has 6 nitrogen and oxygen atoms in total. The number of carbonyl (C=O) groups is 3. The minimum absolute atomic E-state index is 0.00589. The third kappa shape index (κ3) is 5.58. The van der Waals surface area contributed by atoms with Gasteiger partial charge in [0.2, 0.25) is 11.8 Å². The van der Waals surface area contributed by atoms with Crippen LogP contribution in [0.5, 0.6) is 0 Å². The highest BCUT2D eigenvalue weighted by atomic mass is 16.2. The Labute approximate surface area is 155 Å². The molecule has 0 unspecified atom stereocenters. The first kappa shape index (κ1) is 19.9. The minimum atomic E-state index is -0.151. The summed E-state index contributed by atoms with van der Waals surface area (Å²) >= 11 is 0. The van der Waals surface area contributed by atoms with Gasteiger partial charge in [-0.15, -0.1) is 0 Å². The van der Waals surface area contributed by atoms with Crippen LogP contribution in [0.2, 0.25) is 0 Å². The standard InChI is InChI=1S/C20H29N3O3/c1-3-11-21-19(25)16-9-13-23(14-10-16)18(24)8-12-22-20(26)17-7-5-4-6-15(17)2/h4-7,16H,3,8-14H2,1-2H3,(H,21,25)(H,22,26). The van der Waals surface area contributed by atoms with Crippen LogP contribution in [-0.2, 0) is 9.59 Å². The van der Waals surface area contributed by atoms with Crippen LogP contribution in [0.4, 0.5) is 0 Å². The summed E-state index contributed by atoms with van der Waals surface area (Å²) in [4.78, 5) is 38.2. The van der Waals surface area contributed by atoms with Crippen LogP contribution < -0.4 is 10.6 Å². The molecule has 2 rings (SSSR count). The zero-order chi connectivity index (χ0) is 18.9. The lowest BCUT2D eigenvalue weighted by molar-refractivity contribution is -0.135. The van der Waals surface area contributed by atoms with E-state index in [1.165, 1.54) is 0 Å². The summed E-state index contributed by atoms with van der Waals surface area (Å²) < 4.78 is 0. The van der Waals surface area contributed by atoms with Crippen LogP contribution >= 0.6 is 0 Å². The number of piperidine rings is 1. The number of hydrogen-bond acceptors (Lipinski definition) is 3.